The third kappa shape index (κ3) is 4.49. The number of rotatable bonds is 4. The summed E-state index contributed by atoms with van der Waals surface area (Å²) in [6.45, 7) is 6.05. The van der Waals surface area contributed by atoms with Gasteiger partial charge in [0.15, 0.2) is 0 Å². The summed E-state index contributed by atoms with van der Waals surface area (Å²) >= 11 is 0. The zero-order valence-electron chi connectivity index (χ0n) is 12.8. The van der Waals surface area contributed by atoms with Crippen LogP contribution in [0.25, 0.3) is 0 Å². The molecular weight excluding hydrogens is 242 g/mol. The Balaban J connectivity index is 2.51. The van der Waals surface area contributed by atoms with Crippen molar-refractivity contribution in [1.29, 1.82) is 0 Å². The average Bonchev–Trinajstić information content (AvgIpc) is 2.36. The Bertz CT molecular complexity index is 329. The molecule has 0 aromatic carbocycles. The molecule has 5 heteroatoms. The summed E-state index contributed by atoms with van der Waals surface area (Å²) < 4.78 is 0. The summed E-state index contributed by atoms with van der Waals surface area (Å²) in [6.07, 6.45) is 1.92. The van der Waals surface area contributed by atoms with E-state index in [0.717, 1.165) is 19.4 Å². The van der Waals surface area contributed by atoms with Gasteiger partial charge in [-0.05, 0) is 33.2 Å². The van der Waals surface area contributed by atoms with Gasteiger partial charge in [0.25, 0.3) is 0 Å². The number of likely N-dealkylation sites (tertiary alicyclic amines) is 1. The van der Waals surface area contributed by atoms with Crippen molar-refractivity contribution in [3.05, 3.63) is 0 Å². The summed E-state index contributed by atoms with van der Waals surface area (Å²) in [5.74, 6) is 0.350. The van der Waals surface area contributed by atoms with Gasteiger partial charge in [0.1, 0.15) is 0 Å². The Labute approximate surface area is 116 Å². The molecule has 1 atom stereocenters. The molecule has 1 unspecified atom stereocenters. The highest BCUT2D eigenvalue weighted by atomic mass is 16.2. The molecule has 5 nitrogen and oxygen atoms in total. The van der Waals surface area contributed by atoms with Crippen molar-refractivity contribution in [1.82, 2.24) is 14.7 Å². The second kappa shape index (κ2) is 6.89. The highest BCUT2D eigenvalue weighted by molar-refractivity contribution is 5.80. The SMILES string of the molecule is CC(C)N(C)C(=O)CN1CCCC(C(=O)N(C)C)C1. The molecule has 0 N–H and O–H groups in total. The molecular formula is C14H27N3O2. The Hall–Kier alpha value is -1.10. The molecule has 110 valence electrons. The van der Waals surface area contributed by atoms with Gasteiger partial charge in [0.05, 0.1) is 12.5 Å². The van der Waals surface area contributed by atoms with Crippen LogP contribution >= 0.6 is 0 Å². The quantitative estimate of drug-likeness (QED) is 0.753. The lowest BCUT2D eigenvalue weighted by Gasteiger charge is -2.34. The first-order valence-electron chi connectivity index (χ1n) is 7.02. The number of piperidine rings is 1. The normalized spacial score (nSPS) is 20.4. The van der Waals surface area contributed by atoms with E-state index in [-0.39, 0.29) is 23.8 Å². The molecule has 19 heavy (non-hydrogen) atoms. The maximum Gasteiger partial charge on any atom is 0.236 e. The minimum Gasteiger partial charge on any atom is -0.349 e. The van der Waals surface area contributed by atoms with Crippen molar-refractivity contribution in [2.24, 2.45) is 5.92 Å². The van der Waals surface area contributed by atoms with Crippen molar-refractivity contribution in [3.8, 4) is 0 Å². The monoisotopic (exact) mass is 269 g/mol. The standard InChI is InChI=1S/C14H27N3O2/c1-11(2)16(5)13(18)10-17-8-6-7-12(9-17)14(19)15(3)4/h11-12H,6-10H2,1-5H3. The predicted octanol–water partition coefficient (Wildman–Crippen LogP) is 0.653. The first-order chi connectivity index (χ1) is 8.82. The third-order valence-corrected chi connectivity index (χ3v) is 3.82. The summed E-state index contributed by atoms with van der Waals surface area (Å²) in [7, 11) is 5.41. The van der Waals surface area contributed by atoms with Crippen LogP contribution in [0, 0.1) is 5.92 Å². The molecule has 1 aliphatic heterocycles. The minimum absolute atomic E-state index is 0.0425. The fourth-order valence-electron chi connectivity index (χ4n) is 2.36. The van der Waals surface area contributed by atoms with E-state index in [1.807, 2.05) is 20.9 Å². The Morgan fingerprint density at radius 3 is 2.42 bits per heavy atom. The van der Waals surface area contributed by atoms with Crippen LogP contribution in [0.15, 0.2) is 0 Å². The van der Waals surface area contributed by atoms with E-state index in [4.69, 9.17) is 0 Å². The molecule has 1 saturated heterocycles. The number of nitrogens with zero attached hydrogens (tertiary/aromatic N) is 3. The zero-order valence-corrected chi connectivity index (χ0v) is 12.8. The molecule has 2 amide bonds. The Morgan fingerprint density at radius 2 is 1.89 bits per heavy atom. The number of hydrogen-bond donors (Lipinski definition) is 0. The van der Waals surface area contributed by atoms with Crippen molar-refractivity contribution < 1.29 is 9.59 Å². The molecule has 0 saturated carbocycles. The molecule has 0 aromatic heterocycles. The number of carbonyl (C=O) groups is 2. The van der Waals surface area contributed by atoms with E-state index in [1.54, 1.807) is 23.9 Å². The number of carbonyl (C=O) groups excluding carboxylic acids is 2. The third-order valence-electron chi connectivity index (χ3n) is 3.82. The molecule has 0 spiro atoms. The van der Waals surface area contributed by atoms with Gasteiger partial charge in [0, 0.05) is 33.7 Å². The highest BCUT2D eigenvalue weighted by Gasteiger charge is 2.28. The fourth-order valence-corrected chi connectivity index (χ4v) is 2.36. The first kappa shape index (κ1) is 16.0. The first-order valence-corrected chi connectivity index (χ1v) is 7.02. The summed E-state index contributed by atoms with van der Waals surface area (Å²) in [5, 5.41) is 0. The lowest BCUT2D eigenvalue weighted by molar-refractivity contribution is -0.138. The van der Waals surface area contributed by atoms with Gasteiger partial charge in [-0.15, -0.1) is 0 Å². The lowest BCUT2D eigenvalue weighted by Crippen LogP contribution is -2.47. The summed E-state index contributed by atoms with van der Waals surface area (Å²) in [6, 6.07) is 0.219. The maximum absolute atomic E-state index is 12.1. The van der Waals surface area contributed by atoms with E-state index >= 15 is 0 Å². The number of hydrogen-bond acceptors (Lipinski definition) is 3. The summed E-state index contributed by atoms with van der Waals surface area (Å²) in [4.78, 5) is 29.5. The maximum atomic E-state index is 12.1. The van der Waals surface area contributed by atoms with Gasteiger partial charge in [-0.25, -0.2) is 0 Å². The van der Waals surface area contributed by atoms with Crippen molar-refractivity contribution in [2.45, 2.75) is 32.7 Å². The zero-order chi connectivity index (χ0) is 14.6. The fraction of sp³-hybridized carbons (Fsp3) is 0.857. The molecule has 1 rings (SSSR count). The molecule has 0 aromatic rings. The summed E-state index contributed by atoms with van der Waals surface area (Å²) in [5.41, 5.74) is 0. The van der Waals surface area contributed by atoms with E-state index in [1.165, 1.54) is 0 Å². The van der Waals surface area contributed by atoms with Gasteiger partial charge in [0.2, 0.25) is 11.8 Å². The van der Waals surface area contributed by atoms with E-state index < -0.39 is 0 Å². The largest absolute Gasteiger partial charge is 0.349 e. The second-order valence-electron chi connectivity index (χ2n) is 5.91. The molecule has 1 heterocycles. The van der Waals surface area contributed by atoms with E-state index in [2.05, 4.69) is 4.90 Å². The Morgan fingerprint density at radius 1 is 1.26 bits per heavy atom. The number of likely N-dealkylation sites (N-methyl/N-ethyl adjacent to an activating group) is 1. The lowest BCUT2D eigenvalue weighted by atomic mass is 9.97. The minimum atomic E-state index is 0.0425. The topological polar surface area (TPSA) is 43.9 Å². The smallest absolute Gasteiger partial charge is 0.236 e. The van der Waals surface area contributed by atoms with Crippen molar-refractivity contribution in [3.63, 3.8) is 0 Å². The van der Waals surface area contributed by atoms with Gasteiger partial charge < -0.3 is 9.80 Å². The van der Waals surface area contributed by atoms with Crippen LogP contribution in [0.1, 0.15) is 26.7 Å². The van der Waals surface area contributed by atoms with Crippen LogP contribution in [0.4, 0.5) is 0 Å². The predicted molar refractivity (Wildman–Crippen MR) is 75.8 cm³/mol. The van der Waals surface area contributed by atoms with Crippen LogP contribution < -0.4 is 0 Å². The van der Waals surface area contributed by atoms with Crippen LogP contribution in [0.5, 0.6) is 0 Å². The van der Waals surface area contributed by atoms with Crippen molar-refractivity contribution in [2.75, 3.05) is 40.8 Å². The van der Waals surface area contributed by atoms with E-state index in [9.17, 15) is 9.59 Å². The Kier molecular flexibility index (Phi) is 5.79. The highest BCUT2D eigenvalue weighted by Crippen LogP contribution is 2.18. The molecule has 0 aliphatic carbocycles. The van der Waals surface area contributed by atoms with E-state index in [0.29, 0.717) is 13.1 Å². The molecule has 0 bridgehead atoms. The second-order valence-corrected chi connectivity index (χ2v) is 5.91. The van der Waals surface area contributed by atoms with Gasteiger partial charge in [-0.2, -0.15) is 0 Å². The van der Waals surface area contributed by atoms with Crippen LogP contribution in [0.3, 0.4) is 0 Å². The van der Waals surface area contributed by atoms with Crippen LogP contribution in [0.2, 0.25) is 0 Å². The van der Waals surface area contributed by atoms with Crippen molar-refractivity contribution >= 4 is 11.8 Å². The van der Waals surface area contributed by atoms with Crippen LogP contribution in [-0.2, 0) is 9.59 Å². The van der Waals surface area contributed by atoms with Gasteiger partial charge >= 0.3 is 0 Å². The van der Waals surface area contributed by atoms with Gasteiger partial charge in [-0.1, -0.05) is 0 Å². The van der Waals surface area contributed by atoms with Crippen LogP contribution in [-0.4, -0.2) is 73.3 Å². The molecule has 0 radical (unpaired) electrons. The molecule has 1 fully saturated rings. The average molecular weight is 269 g/mol. The number of amides is 2. The molecule has 1 aliphatic rings. The van der Waals surface area contributed by atoms with Gasteiger partial charge in [-0.3, -0.25) is 14.5 Å².